The Balaban J connectivity index is 1.74. The number of pyridine rings is 1. The number of carbonyl (C=O) groups excluding carboxylic acids is 1. The molecule has 2 amide bonds. The van der Waals surface area contributed by atoms with Gasteiger partial charge in [-0.15, -0.1) is 0 Å². The molecule has 3 aromatic rings. The molecule has 0 aliphatic heterocycles. The van der Waals surface area contributed by atoms with Crippen LogP contribution in [0.5, 0.6) is 11.6 Å². The van der Waals surface area contributed by atoms with Gasteiger partial charge in [0.1, 0.15) is 5.75 Å². The molecule has 0 spiro atoms. The molecule has 38 heavy (non-hydrogen) atoms. The lowest BCUT2D eigenvalue weighted by Crippen LogP contribution is -2.57. The molecule has 3 aromatic heterocycles. The van der Waals surface area contributed by atoms with Gasteiger partial charge >= 0.3 is 18.4 Å². The summed E-state index contributed by atoms with van der Waals surface area (Å²) in [7, 11) is 2.66. The first kappa shape index (κ1) is 27.3. The van der Waals surface area contributed by atoms with E-state index >= 15 is 0 Å². The fraction of sp³-hybridized carbons (Fsp3) is 0.478. The third kappa shape index (κ3) is 5.13. The van der Waals surface area contributed by atoms with E-state index in [1.807, 2.05) is 0 Å². The lowest BCUT2D eigenvalue weighted by molar-refractivity contribution is -0.203. The third-order valence-electron chi connectivity index (χ3n) is 6.43. The average Bonchev–Trinajstić information content (AvgIpc) is 3.31. The third-order valence-corrected chi connectivity index (χ3v) is 6.43. The van der Waals surface area contributed by atoms with Gasteiger partial charge in [-0.05, 0) is 25.8 Å². The van der Waals surface area contributed by atoms with Gasteiger partial charge in [0.2, 0.25) is 0 Å². The number of hydrogen-bond acceptors (Lipinski definition) is 6. The van der Waals surface area contributed by atoms with Crippen LogP contribution < -0.4 is 14.8 Å². The van der Waals surface area contributed by atoms with E-state index in [-0.39, 0.29) is 35.7 Å². The quantitative estimate of drug-likeness (QED) is 0.429. The number of fused-ring (bicyclic) bond motifs is 1. The van der Waals surface area contributed by atoms with Crippen LogP contribution in [0.3, 0.4) is 0 Å². The largest absolute Gasteiger partial charge is 0.494 e. The zero-order chi connectivity index (χ0) is 27.8. The highest BCUT2D eigenvalue weighted by Gasteiger charge is 2.52. The molecule has 0 saturated heterocycles. The van der Waals surface area contributed by atoms with Crippen molar-refractivity contribution < 1.29 is 40.6 Å². The number of urea groups is 1. The van der Waals surface area contributed by atoms with Crippen molar-refractivity contribution in [2.75, 3.05) is 20.8 Å². The van der Waals surface area contributed by atoms with Crippen LogP contribution >= 0.6 is 0 Å². The van der Waals surface area contributed by atoms with Gasteiger partial charge < -0.3 is 24.1 Å². The number of ether oxygens (including phenoxy) is 2. The smallest absolute Gasteiger partial charge is 0.414 e. The second-order valence-corrected chi connectivity index (χ2v) is 8.61. The Morgan fingerprint density at radius 1 is 1.18 bits per heavy atom. The van der Waals surface area contributed by atoms with E-state index < -0.39 is 48.6 Å². The first-order valence-electron chi connectivity index (χ1n) is 11.5. The highest BCUT2D eigenvalue weighted by Crippen LogP contribution is 2.43. The van der Waals surface area contributed by atoms with Crippen LogP contribution in [0.25, 0.3) is 16.9 Å². The fourth-order valence-corrected chi connectivity index (χ4v) is 4.39. The normalized spacial score (nSPS) is 18.6. The van der Waals surface area contributed by atoms with Crippen molar-refractivity contribution in [1.82, 2.24) is 29.6 Å². The average molecular weight is 546 g/mol. The van der Waals surface area contributed by atoms with Crippen LogP contribution in [0, 0.1) is 5.92 Å². The summed E-state index contributed by atoms with van der Waals surface area (Å²) in [6, 6.07) is -4.05. The number of rotatable bonds is 7. The number of nitrogens with zero attached hydrogens (tertiary/aromatic N) is 5. The summed E-state index contributed by atoms with van der Waals surface area (Å²) in [5.74, 6) is -1.60. The second kappa shape index (κ2) is 10.2. The van der Waals surface area contributed by atoms with Crippen LogP contribution in [0.1, 0.15) is 31.5 Å². The van der Waals surface area contributed by atoms with Crippen LogP contribution in [-0.2, 0) is 0 Å². The number of halogens is 6. The Hall–Kier alpha value is -3.78. The van der Waals surface area contributed by atoms with Gasteiger partial charge in [0.05, 0.1) is 37.7 Å². The molecule has 1 N–H and O–H groups in total. The second-order valence-electron chi connectivity index (χ2n) is 8.61. The molecule has 0 aromatic carbocycles. The summed E-state index contributed by atoms with van der Waals surface area (Å²) in [4.78, 5) is 25.6. The van der Waals surface area contributed by atoms with E-state index in [9.17, 15) is 31.1 Å². The van der Waals surface area contributed by atoms with Gasteiger partial charge in [0.15, 0.2) is 11.7 Å². The minimum Gasteiger partial charge on any atom is -0.494 e. The molecule has 2 unspecified atom stereocenters. The zero-order valence-electron chi connectivity index (χ0n) is 20.5. The van der Waals surface area contributed by atoms with Gasteiger partial charge in [0, 0.05) is 36.7 Å². The van der Waals surface area contributed by atoms with E-state index in [4.69, 9.17) is 9.47 Å². The molecule has 1 aliphatic carbocycles. The molecule has 0 radical (unpaired) electrons. The van der Waals surface area contributed by atoms with Gasteiger partial charge in [-0.1, -0.05) is 0 Å². The number of imidazole rings is 1. The van der Waals surface area contributed by atoms with E-state index in [0.29, 0.717) is 10.5 Å². The van der Waals surface area contributed by atoms with Crippen LogP contribution in [0.4, 0.5) is 31.1 Å². The Morgan fingerprint density at radius 3 is 2.47 bits per heavy atom. The van der Waals surface area contributed by atoms with Gasteiger partial charge in [-0.3, -0.25) is 4.98 Å². The molecule has 1 fully saturated rings. The van der Waals surface area contributed by atoms with Crippen LogP contribution in [-0.4, -0.2) is 69.4 Å². The van der Waals surface area contributed by atoms with Gasteiger partial charge in [0.25, 0.3) is 5.88 Å². The number of amides is 2. The number of aromatic nitrogens is 4. The number of alkyl halides is 6. The van der Waals surface area contributed by atoms with Crippen molar-refractivity contribution in [2.45, 2.75) is 44.2 Å². The Morgan fingerprint density at radius 2 is 1.92 bits per heavy atom. The molecule has 206 valence electrons. The first-order valence-corrected chi connectivity index (χ1v) is 11.5. The summed E-state index contributed by atoms with van der Waals surface area (Å²) in [5, 5.41) is 2.12. The Bertz CT molecular complexity index is 1310. The predicted octanol–water partition coefficient (Wildman–Crippen LogP) is 4.78. The highest BCUT2D eigenvalue weighted by molar-refractivity contribution is 5.76. The summed E-state index contributed by atoms with van der Waals surface area (Å²) in [6.07, 6.45) is -4.11. The van der Waals surface area contributed by atoms with Crippen molar-refractivity contribution in [3.63, 3.8) is 0 Å². The molecule has 3 atom stereocenters. The number of methoxy groups -OCH3 is 2. The van der Waals surface area contributed by atoms with Crippen LogP contribution in [0.2, 0.25) is 0 Å². The van der Waals surface area contributed by atoms with Crippen LogP contribution in [0.15, 0.2) is 30.9 Å². The summed E-state index contributed by atoms with van der Waals surface area (Å²) in [5.41, 5.74) is 0.0921. The number of carbonyl (C=O) groups is 1. The van der Waals surface area contributed by atoms with Crippen molar-refractivity contribution in [3.05, 3.63) is 36.5 Å². The number of nitrogens with one attached hydrogen (secondary N) is 1. The molecule has 1 aliphatic rings. The Kier molecular flexibility index (Phi) is 7.30. The Labute approximate surface area is 212 Å². The maximum absolute atomic E-state index is 14.4. The van der Waals surface area contributed by atoms with Crippen molar-refractivity contribution in [2.24, 2.45) is 5.92 Å². The first-order chi connectivity index (χ1) is 17.9. The fourth-order valence-electron chi connectivity index (χ4n) is 4.39. The lowest BCUT2D eigenvalue weighted by atomic mass is 9.79. The topological polar surface area (TPSA) is 93.9 Å². The summed E-state index contributed by atoms with van der Waals surface area (Å²) >= 11 is 0. The molecular formula is C23H24F6N6O3. The minimum absolute atomic E-state index is 0.0132. The van der Waals surface area contributed by atoms with E-state index in [0.717, 1.165) is 12.3 Å². The molecule has 9 nitrogen and oxygen atoms in total. The van der Waals surface area contributed by atoms with Gasteiger partial charge in [-0.25, -0.2) is 14.8 Å². The summed E-state index contributed by atoms with van der Waals surface area (Å²) in [6.45, 7) is 0.847. The predicted molar refractivity (Wildman–Crippen MR) is 122 cm³/mol. The maximum atomic E-state index is 14.4. The number of hydrogen-bond donors (Lipinski definition) is 1. The summed E-state index contributed by atoms with van der Waals surface area (Å²) < 4.78 is 94.6. The van der Waals surface area contributed by atoms with E-state index in [2.05, 4.69) is 20.3 Å². The van der Waals surface area contributed by atoms with Crippen molar-refractivity contribution >= 4 is 11.7 Å². The highest BCUT2D eigenvalue weighted by atomic mass is 19.4. The van der Waals surface area contributed by atoms with E-state index in [1.165, 1.54) is 33.5 Å². The minimum atomic E-state index is -5.01. The van der Waals surface area contributed by atoms with Crippen molar-refractivity contribution in [1.29, 1.82) is 0 Å². The SMILES string of the molecule is CCN(C(=O)NC1CCC1C(F)(F)F)[C@@H](c1cc(-c2cn3ccnc3c(OC)n2)c(OC)cn1)C(F)(F)F. The molecule has 3 heterocycles. The van der Waals surface area contributed by atoms with Gasteiger partial charge in [-0.2, -0.15) is 26.3 Å². The monoisotopic (exact) mass is 546 g/mol. The van der Waals surface area contributed by atoms with Crippen molar-refractivity contribution in [3.8, 4) is 22.9 Å². The molecule has 1 saturated carbocycles. The molecule has 4 rings (SSSR count). The molecule has 15 heteroatoms. The molecule has 0 bridgehead atoms. The van der Waals surface area contributed by atoms with E-state index in [1.54, 1.807) is 10.6 Å². The zero-order valence-corrected chi connectivity index (χ0v) is 20.5. The standard InChI is InChI=1S/C23H24F6N6O3/c1-4-35(21(36)33-14-6-5-13(14)22(24,25)26)18(23(27,28)29)15-9-12(17(37-2)10-31-15)16-11-34-8-7-30-19(34)20(32-16)38-3/h7-11,13-14,18H,4-6H2,1-3H3,(H,33,36)/t13?,14?,18-/m0/s1. The lowest BCUT2D eigenvalue weighted by Gasteiger charge is -2.40. The maximum Gasteiger partial charge on any atom is 0.414 e. The molecular weight excluding hydrogens is 522 g/mol.